The number of phenols is 2. The average Bonchev–Trinajstić information content (AvgIpc) is 2.94. The lowest BCUT2D eigenvalue weighted by atomic mass is 10.2. The van der Waals surface area contributed by atoms with Gasteiger partial charge >= 0.3 is 0 Å². The molecule has 0 unspecified atom stereocenters. The van der Waals surface area contributed by atoms with Gasteiger partial charge in [-0.05, 0) is 37.3 Å². The Morgan fingerprint density at radius 3 is 2.05 bits per heavy atom. The van der Waals surface area contributed by atoms with Gasteiger partial charge in [0.25, 0.3) is 5.91 Å². The highest BCUT2D eigenvalue weighted by molar-refractivity contribution is 5.94. The number of carbonyl (C=O) groups is 1. The van der Waals surface area contributed by atoms with Crippen molar-refractivity contribution in [2.24, 2.45) is 0 Å². The number of nitrogens with one attached hydrogen (secondary N) is 1. The van der Waals surface area contributed by atoms with Crippen LogP contribution < -0.4 is 5.32 Å². The third kappa shape index (κ3) is 6.65. The molecule has 5 nitrogen and oxygen atoms in total. The van der Waals surface area contributed by atoms with E-state index < -0.39 is 0 Å². The predicted molar refractivity (Wildman–Crippen MR) is 88.0 cm³/mol. The van der Waals surface area contributed by atoms with Crippen molar-refractivity contribution in [3.63, 3.8) is 0 Å². The number of aromatic hydroxyl groups is 2. The van der Waals surface area contributed by atoms with Crippen LogP contribution in [0.1, 0.15) is 35.7 Å². The summed E-state index contributed by atoms with van der Waals surface area (Å²) in [7, 11) is 1.48. The van der Waals surface area contributed by atoms with E-state index in [1.54, 1.807) is 6.08 Å². The van der Waals surface area contributed by atoms with Crippen LogP contribution in [0.5, 0.6) is 11.5 Å². The molecule has 0 spiro atoms. The predicted octanol–water partition coefficient (Wildman–Crippen LogP) is 3.71. The van der Waals surface area contributed by atoms with Gasteiger partial charge in [0.05, 0.1) is 0 Å². The molecule has 1 aromatic carbocycles. The smallest absolute Gasteiger partial charge is 0.251 e. The summed E-state index contributed by atoms with van der Waals surface area (Å²) in [5.74, 6) is 1.16. The summed E-state index contributed by atoms with van der Waals surface area (Å²) in [6, 6.07) is 7.52. The lowest BCUT2D eigenvalue weighted by molar-refractivity contribution is 0.0962. The zero-order valence-corrected chi connectivity index (χ0v) is 13.4. The van der Waals surface area contributed by atoms with Crippen molar-refractivity contribution >= 4 is 12.0 Å². The van der Waals surface area contributed by atoms with E-state index in [9.17, 15) is 4.79 Å². The Balaban J connectivity index is 0.000000382. The second-order valence-electron chi connectivity index (χ2n) is 3.97. The van der Waals surface area contributed by atoms with E-state index >= 15 is 0 Å². The standard InChI is InChI=1S/C8H9NO3.C7H8O.C2H6/c1-9-8(12)5-2-6(10)4-7(11)3-5;1-3-7-5-4-6(2)8-7;1-2/h2-4,10-11H,1H3,(H,9,12);3-5H,1H2,2H3;1-2H3. The number of phenolic OH excluding ortho intramolecular Hbond substituents is 2. The van der Waals surface area contributed by atoms with E-state index in [2.05, 4.69) is 11.9 Å². The summed E-state index contributed by atoms with van der Waals surface area (Å²) >= 11 is 0. The summed E-state index contributed by atoms with van der Waals surface area (Å²) in [5, 5.41) is 20.4. The first-order chi connectivity index (χ1) is 10.5. The Labute approximate surface area is 130 Å². The minimum atomic E-state index is -0.346. The molecule has 0 saturated heterocycles. The number of benzene rings is 1. The molecule has 1 amide bonds. The van der Waals surface area contributed by atoms with Gasteiger partial charge in [-0.25, -0.2) is 0 Å². The lowest BCUT2D eigenvalue weighted by Crippen LogP contribution is -2.17. The van der Waals surface area contributed by atoms with Crippen molar-refractivity contribution in [2.45, 2.75) is 20.8 Å². The molecule has 0 radical (unpaired) electrons. The molecule has 2 rings (SSSR count). The molecule has 0 fully saturated rings. The van der Waals surface area contributed by atoms with Crippen molar-refractivity contribution in [1.82, 2.24) is 5.32 Å². The summed E-state index contributed by atoms with van der Waals surface area (Å²) in [6.07, 6.45) is 1.69. The normalized spacial score (nSPS) is 8.73. The van der Waals surface area contributed by atoms with Crippen LogP contribution in [0.3, 0.4) is 0 Å². The van der Waals surface area contributed by atoms with Crippen LogP contribution in [-0.4, -0.2) is 23.2 Å². The molecule has 0 bridgehead atoms. The molecule has 1 aromatic heterocycles. The van der Waals surface area contributed by atoms with Gasteiger partial charge in [0, 0.05) is 18.7 Å². The molecule has 0 atom stereocenters. The number of carbonyl (C=O) groups excluding carboxylic acids is 1. The van der Waals surface area contributed by atoms with E-state index in [4.69, 9.17) is 14.6 Å². The van der Waals surface area contributed by atoms with Crippen molar-refractivity contribution < 1.29 is 19.4 Å². The lowest BCUT2D eigenvalue weighted by Gasteiger charge is -2.00. The molecule has 0 aliphatic heterocycles. The quantitative estimate of drug-likeness (QED) is 0.789. The SMILES string of the molecule is C=Cc1ccc(C)o1.CC.CNC(=O)c1cc(O)cc(O)c1. The Kier molecular flexibility index (Phi) is 8.86. The fourth-order valence-corrected chi connectivity index (χ4v) is 1.43. The van der Waals surface area contributed by atoms with Crippen molar-refractivity contribution in [1.29, 1.82) is 0 Å². The third-order valence-corrected chi connectivity index (χ3v) is 2.35. The monoisotopic (exact) mass is 305 g/mol. The third-order valence-electron chi connectivity index (χ3n) is 2.35. The fourth-order valence-electron chi connectivity index (χ4n) is 1.43. The Morgan fingerprint density at radius 1 is 1.18 bits per heavy atom. The second kappa shape index (κ2) is 10.1. The molecule has 3 N–H and O–H groups in total. The van der Waals surface area contributed by atoms with Gasteiger partial charge < -0.3 is 19.9 Å². The molecule has 0 aliphatic carbocycles. The van der Waals surface area contributed by atoms with Crippen LogP contribution in [-0.2, 0) is 0 Å². The minimum Gasteiger partial charge on any atom is -0.508 e. The fraction of sp³-hybridized carbons (Fsp3) is 0.235. The van der Waals surface area contributed by atoms with E-state index in [1.807, 2.05) is 32.9 Å². The minimum absolute atomic E-state index is 0.131. The van der Waals surface area contributed by atoms with Crippen LogP contribution in [0.25, 0.3) is 6.08 Å². The van der Waals surface area contributed by atoms with Gasteiger partial charge in [-0.2, -0.15) is 0 Å². The summed E-state index contributed by atoms with van der Waals surface area (Å²) in [6.45, 7) is 9.46. The van der Waals surface area contributed by atoms with Gasteiger partial charge in [0.2, 0.25) is 0 Å². The molecule has 1 heterocycles. The first-order valence-electron chi connectivity index (χ1n) is 6.90. The topological polar surface area (TPSA) is 82.7 Å². The number of aryl methyl sites for hydroxylation is 1. The van der Waals surface area contributed by atoms with Gasteiger partial charge in [-0.3, -0.25) is 4.79 Å². The summed E-state index contributed by atoms with van der Waals surface area (Å²) < 4.78 is 5.11. The highest BCUT2D eigenvalue weighted by Gasteiger charge is 2.05. The molecule has 0 aliphatic rings. The number of hydrogen-bond donors (Lipinski definition) is 3. The van der Waals surface area contributed by atoms with Gasteiger partial charge in [0.1, 0.15) is 23.0 Å². The molecule has 0 saturated carbocycles. The second-order valence-corrected chi connectivity index (χ2v) is 3.97. The van der Waals surface area contributed by atoms with Crippen molar-refractivity contribution in [2.75, 3.05) is 7.05 Å². The maximum atomic E-state index is 11.0. The molecule has 22 heavy (non-hydrogen) atoms. The first kappa shape index (κ1) is 19.3. The first-order valence-corrected chi connectivity index (χ1v) is 6.90. The zero-order valence-electron chi connectivity index (χ0n) is 13.4. The largest absolute Gasteiger partial charge is 0.508 e. The van der Waals surface area contributed by atoms with E-state index in [1.165, 1.54) is 19.2 Å². The number of hydrogen-bond acceptors (Lipinski definition) is 4. The maximum Gasteiger partial charge on any atom is 0.251 e. The molecule has 2 aromatic rings. The number of amides is 1. The highest BCUT2D eigenvalue weighted by atomic mass is 16.3. The van der Waals surface area contributed by atoms with Gasteiger partial charge in [-0.1, -0.05) is 20.4 Å². The van der Waals surface area contributed by atoms with Gasteiger partial charge in [-0.15, -0.1) is 0 Å². The van der Waals surface area contributed by atoms with Gasteiger partial charge in [0.15, 0.2) is 0 Å². The summed E-state index contributed by atoms with van der Waals surface area (Å²) in [5.41, 5.74) is 0.231. The molecular weight excluding hydrogens is 282 g/mol. The van der Waals surface area contributed by atoms with E-state index in [0.717, 1.165) is 17.6 Å². The van der Waals surface area contributed by atoms with E-state index in [-0.39, 0.29) is 23.0 Å². The molecule has 5 heteroatoms. The number of rotatable bonds is 2. The Bertz CT molecular complexity index is 582. The zero-order chi connectivity index (χ0) is 17.1. The van der Waals surface area contributed by atoms with Crippen LogP contribution in [0.2, 0.25) is 0 Å². The van der Waals surface area contributed by atoms with Crippen LogP contribution in [0, 0.1) is 6.92 Å². The average molecular weight is 305 g/mol. The number of furan rings is 1. The Morgan fingerprint density at radius 2 is 1.73 bits per heavy atom. The van der Waals surface area contributed by atoms with Crippen LogP contribution in [0.4, 0.5) is 0 Å². The van der Waals surface area contributed by atoms with Crippen LogP contribution >= 0.6 is 0 Å². The molecule has 120 valence electrons. The van der Waals surface area contributed by atoms with E-state index in [0.29, 0.717) is 0 Å². The molecular formula is C17H23NO4. The van der Waals surface area contributed by atoms with Crippen molar-refractivity contribution in [3.05, 3.63) is 54.0 Å². The summed E-state index contributed by atoms with van der Waals surface area (Å²) in [4.78, 5) is 11.0. The highest BCUT2D eigenvalue weighted by Crippen LogP contribution is 2.19. The maximum absolute atomic E-state index is 11.0. The Hall–Kier alpha value is -2.69. The van der Waals surface area contributed by atoms with Crippen LogP contribution in [0.15, 0.2) is 41.3 Å². The van der Waals surface area contributed by atoms with Crippen molar-refractivity contribution in [3.8, 4) is 11.5 Å².